The lowest BCUT2D eigenvalue weighted by atomic mass is 10.1. The number of nitro benzene ring substituents is 1. The summed E-state index contributed by atoms with van der Waals surface area (Å²) in [5.74, 6) is -0.227. The van der Waals surface area contributed by atoms with E-state index in [1.165, 1.54) is 6.07 Å². The van der Waals surface area contributed by atoms with Crippen molar-refractivity contribution in [2.45, 2.75) is 13.3 Å². The van der Waals surface area contributed by atoms with E-state index in [4.69, 9.17) is 0 Å². The van der Waals surface area contributed by atoms with Crippen LogP contribution < -0.4 is 5.32 Å². The molecule has 0 aliphatic rings. The first kappa shape index (κ1) is 13.7. The molecule has 0 unspecified atom stereocenters. The molecule has 0 bridgehead atoms. The normalized spacial score (nSPS) is 10.1. The number of amides is 1. The molecule has 0 aliphatic heterocycles. The number of benzene rings is 1. The van der Waals surface area contributed by atoms with Gasteiger partial charge in [-0.25, -0.2) is 0 Å². The molecular formula is C14H13N3O3. The zero-order valence-electron chi connectivity index (χ0n) is 10.9. The van der Waals surface area contributed by atoms with Crippen LogP contribution in [0.3, 0.4) is 0 Å². The van der Waals surface area contributed by atoms with Gasteiger partial charge in [-0.05, 0) is 30.7 Å². The lowest BCUT2D eigenvalue weighted by Gasteiger charge is -2.06. The van der Waals surface area contributed by atoms with Gasteiger partial charge in [0.15, 0.2) is 0 Å². The number of anilines is 1. The van der Waals surface area contributed by atoms with Gasteiger partial charge in [0.1, 0.15) is 0 Å². The molecule has 1 N–H and O–H groups in total. The Morgan fingerprint density at radius 1 is 1.30 bits per heavy atom. The third-order valence-corrected chi connectivity index (χ3v) is 2.80. The highest BCUT2D eigenvalue weighted by atomic mass is 16.6. The highest BCUT2D eigenvalue weighted by Crippen LogP contribution is 2.22. The van der Waals surface area contributed by atoms with Crippen molar-refractivity contribution in [3.05, 3.63) is 64.0 Å². The number of pyridine rings is 1. The van der Waals surface area contributed by atoms with Crippen LogP contribution in [0.25, 0.3) is 0 Å². The molecule has 1 aromatic heterocycles. The lowest BCUT2D eigenvalue weighted by Crippen LogP contribution is -2.14. The van der Waals surface area contributed by atoms with Gasteiger partial charge in [-0.3, -0.25) is 19.9 Å². The van der Waals surface area contributed by atoms with Crippen LogP contribution in [0.15, 0.2) is 42.7 Å². The number of carbonyl (C=O) groups is 1. The van der Waals surface area contributed by atoms with Gasteiger partial charge in [0.05, 0.1) is 11.3 Å². The van der Waals surface area contributed by atoms with Crippen LogP contribution in [0.1, 0.15) is 11.1 Å². The van der Waals surface area contributed by atoms with Crippen LogP contribution in [0.4, 0.5) is 11.4 Å². The van der Waals surface area contributed by atoms with Gasteiger partial charge in [-0.1, -0.05) is 6.07 Å². The minimum Gasteiger partial charge on any atom is -0.326 e. The molecule has 1 aromatic carbocycles. The fourth-order valence-corrected chi connectivity index (χ4v) is 1.78. The van der Waals surface area contributed by atoms with Crippen molar-refractivity contribution in [2.24, 2.45) is 0 Å². The van der Waals surface area contributed by atoms with Gasteiger partial charge in [0.2, 0.25) is 5.91 Å². The molecule has 0 saturated heterocycles. The SMILES string of the molecule is Cc1ccc(NC(=O)Cc2ccncc2)cc1[N+](=O)[O-]. The summed E-state index contributed by atoms with van der Waals surface area (Å²) in [5, 5.41) is 13.5. The molecule has 0 radical (unpaired) electrons. The third kappa shape index (κ3) is 3.38. The number of aryl methyl sites for hydroxylation is 1. The number of nitrogens with zero attached hydrogens (tertiary/aromatic N) is 2. The first-order valence-corrected chi connectivity index (χ1v) is 6.00. The van der Waals surface area contributed by atoms with Crippen molar-refractivity contribution in [3.8, 4) is 0 Å². The average molecular weight is 271 g/mol. The second-order valence-corrected chi connectivity index (χ2v) is 4.34. The summed E-state index contributed by atoms with van der Waals surface area (Å²) >= 11 is 0. The molecule has 0 aliphatic carbocycles. The third-order valence-electron chi connectivity index (χ3n) is 2.80. The summed E-state index contributed by atoms with van der Waals surface area (Å²) in [5.41, 5.74) is 1.80. The fraction of sp³-hybridized carbons (Fsp3) is 0.143. The van der Waals surface area contributed by atoms with E-state index in [0.29, 0.717) is 11.3 Å². The molecule has 0 atom stereocenters. The first-order valence-electron chi connectivity index (χ1n) is 6.00. The molecule has 6 heteroatoms. The van der Waals surface area contributed by atoms with Crippen molar-refractivity contribution in [3.63, 3.8) is 0 Å². The minimum absolute atomic E-state index is 0.00767. The molecule has 6 nitrogen and oxygen atoms in total. The van der Waals surface area contributed by atoms with E-state index in [2.05, 4.69) is 10.3 Å². The predicted molar refractivity (Wildman–Crippen MR) is 74.4 cm³/mol. The summed E-state index contributed by atoms with van der Waals surface area (Å²) in [7, 11) is 0. The van der Waals surface area contributed by atoms with Crippen molar-refractivity contribution in [2.75, 3.05) is 5.32 Å². The van der Waals surface area contributed by atoms with Gasteiger partial charge in [-0.15, -0.1) is 0 Å². The molecule has 1 heterocycles. The van der Waals surface area contributed by atoms with Crippen molar-refractivity contribution in [1.29, 1.82) is 0 Å². The van der Waals surface area contributed by atoms with E-state index in [1.807, 2.05) is 0 Å². The van der Waals surface area contributed by atoms with Gasteiger partial charge in [0.25, 0.3) is 5.69 Å². The highest BCUT2D eigenvalue weighted by Gasteiger charge is 2.12. The topological polar surface area (TPSA) is 85.1 Å². The monoisotopic (exact) mass is 271 g/mol. The maximum Gasteiger partial charge on any atom is 0.274 e. The second-order valence-electron chi connectivity index (χ2n) is 4.34. The molecule has 0 spiro atoms. The Hall–Kier alpha value is -2.76. The van der Waals surface area contributed by atoms with Crippen LogP contribution >= 0.6 is 0 Å². The Morgan fingerprint density at radius 3 is 2.65 bits per heavy atom. The summed E-state index contributed by atoms with van der Waals surface area (Å²) < 4.78 is 0. The van der Waals surface area contributed by atoms with Crippen LogP contribution in [0, 0.1) is 17.0 Å². The van der Waals surface area contributed by atoms with Crippen molar-refractivity contribution >= 4 is 17.3 Å². The number of hydrogen-bond donors (Lipinski definition) is 1. The Kier molecular flexibility index (Phi) is 4.05. The van der Waals surface area contributed by atoms with Crippen LogP contribution in [0.5, 0.6) is 0 Å². The zero-order valence-corrected chi connectivity index (χ0v) is 10.9. The van der Waals surface area contributed by atoms with Gasteiger partial charge >= 0.3 is 0 Å². The maximum absolute atomic E-state index is 11.8. The standard InChI is InChI=1S/C14H13N3O3/c1-10-2-3-12(9-13(10)17(19)20)16-14(18)8-11-4-6-15-7-5-11/h2-7,9H,8H2,1H3,(H,16,18). The average Bonchev–Trinajstić information content (AvgIpc) is 2.41. The Bertz CT molecular complexity index is 641. The number of aromatic nitrogens is 1. The largest absolute Gasteiger partial charge is 0.326 e. The van der Waals surface area contributed by atoms with Crippen LogP contribution in [-0.4, -0.2) is 15.8 Å². The van der Waals surface area contributed by atoms with E-state index in [0.717, 1.165) is 5.56 Å². The van der Waals surface area contributed by atoms with E-state index >= 15 is 0 Å². The van der Waals surface area contributed by atoms with Crippen molar-refractivity contribution in [1.82, 2.24) is 4.98 Å². The summed E-state index contributed by atoms with van der Waals surface area (Å²) in [4.78, 5) is 26.1. The fourth-order valence-electron chi connectivity index (χ4n) is 1.78. The molecule has 2 aromatic rings. The van der Waals surface area contributed by atoms with Gasteiger partial charge in [-0.2, -0.15) is 0 Å². The smallest absolute Gasteiger partial charge is 0.274 e. The summed E-state index contributed by atoms with van der Waals surface area (Å²) in [6.07, 6.45) is 3.42. The second kappa shape index (κ2) is 5.92. The molecule has 102 valence electrons. The van der Waals surface area contributed by atoms with E-state index in [-0.39, 0.29) is 18.0 Å². The molecule has 0 saturated carbocycles. The number of rotatable bonds is 4. The number of nitro groups is 1. The lowest BCUT2D eigenvalue weighted by molar-refractivity contribution is -0.385. The molecule has 1 amide bonds. The van der Waals surface area contributed by atoms with Gasteiger partial charge < -0.3 is 5.32 Å². The predicted octanol–water partition coefficient (Wildman–Crippen LogP) is 2.48. The van der Waals surface area contributed by atoms with E-state index in [1.54, 1.807) is 43.6 Å². The first-order chi connectivity index (χ1) is 9.56. The number of nitrogens with one attached hydrogen (secondary N) is 1. The molecule has 20 heavy (non-hydrogen) atoms. The van der Waals surface area contributed by atoms with E-state index in [9.17, 15) is 14.9 Å². The van der Waals surface area contributed by atoms with Crippen LogP contribution in [0.2, 0.25) is 0 Å². The van der Waals surface area contributed by atoms with Crippen molar-refractivity contribution < 1.29 is 9.72 Å². The number of hydrogen-bond acceptors (Lipinski definition) is 4. The maximum atomic E-state index is 11.8. The summed E-state index contributed by atoms with van der Waals surface area (Å²) in [6, 6.07) is 8.11. The molecule has 0 fully saturated rings. The zero-order chi connectivity index (χ0) is 14.5. The minimum atomic E-state index is -0.464. The summed E-state index contributed by atoms with van der Waals surface area (Å²) in [6.45, 7) is 1.65. The Labute approximate surface area is 115 Å². The van der Waals surface area contributed by atoms with Gasteiger partial charge in [0, 0.05) is 29.7 Å². The Morgan fingerprint density at radius 2 is 2.00 bits per heavy atom. The quantitative estimate of drug-likeness (QED) is 0.683. The van der Waals surface area contributed by atoms with Crippen LogP contribution in [-0.2, 0) is 11.2 Å². The Balaban J connectivity index is 2.08. The highest BCUT2D eigenvalue weighted by molar-refractivity contribution is 5.92. The molecular weight excluding hydrogens is 258 g/mol. The number of carbonyl (C=O) groups excluding carboxylic acids is 1. The van der Waals surface area contributed by atoms with E-state index < -0.39 is 4.92 Å². The molecule has 2 rings (SSSR count).